The molecule has 0 atom stereocenters. The van der Waals surface area contributed by atoms with Crippen molar-refractivity contribution in [3.05, 3.63) is 69.5 Å². The van der Waals surface area contributed by atoms with Crippen LogP contribution < -0.4 is 5.56 Å². The van der Waals surface area contributed by atoms with Gasteiger partial charge in [-0.25, -0.2) is 14.1 Å². The van der Waals surface area contributed by atoms with Crippen LogP contribution in [0.3, 0.4) is 0 Å². The molecule has 152 valence electrons. The fourth-order valence-electron chi connectivity index (χ4n) is 3.38. The molecule has 0 aliphatic carbocycles. The maximum absolute atomic E-state index is 14.1. The number of morpholine rings is 1. The van der Waals surface area contributed by atoms with E-state index < -0.39 is 11.4 Å². The molecule has 1 fully saturated rings. The number of nitriles is 1. The molecule has 3 heterocycles. The second kappa shape index (κ2) is 7.93. The molecule has 30 heavy (non-hydrogen) atoms. The number of aryl methyl sites for hydroxylation is 1. The van der Waals surface area contributed by atoms with Gasteiger partial charge < -0.3 is 9.64 Å². The summed E-state index contributed by atoms with van der Waals surface area (Å²) in [7, 11) is 0. The van der Waals surface area contributed by atoms with E-state index in [4.69, 9.17) is 10.00 Å². The lowest BCUT2D eigenvalue weighted by Crippen LogP contribution is -2.40. The second-order valence-corrected chi connectivity index (χ2v) is 6.90. The minimum absolute atomic E-state index is 0.0747. The highest BCUT2D eigenvalue weighted by molar-refractivity contribution is 5.94. The average Bonchev–Trinajstić information content (AvgIpc) is 3.16. The number of hydrogen-bond donors (Lipinski definition) is 1. The summed E-state index contributed by atoms with van der Waals surface area (Å²) in [5.74, 6) is -0.522. The number of hydrogen-bond acceptors (Lipinski definition) is 5. The van der Waals surface area contributed by atoms with Gasteiger partial charge in [-0.2, -0.15) is 5.26 Å². The highest BCUT2D eigenvalue weighted by Gasteiger charge is 2.20. The molecule has 3 aromatic rings. The molecule has 1 saturated heterocycles. The third kappa shape index (κ3) is 3.49. The predicted octanol–water partition coefficient (Wildman–Crippen LogP) is 2.02. The Balaban J connectivity index is 1.63. The fourth-order valence-corrected chi connectivity index (χ4v) is 3.38. The number of nitrogens with zero attached hydrogens (tertiary/aromatic N) is 4. The van der Waals surface area contributed by atoms with E-state index in [1.54, 1.807) is 30.0 Å². The number of pyridine rings is 1. The quantitative estimate of drug-likeness (QED) is 0.715. The Morgan fingerprint density at radius 2 is 2.03 bits per heavy atom. The standard InChI is InChI=1S/C21H18FN5O3/c1-13-8-15(10-23)18(22)9-16(13)17-12-25-27(21(17)29)19-3-2-14(11-24-19)20(28)26-4-6-30-7-5-26/h2-3,8-9,11-12,25H,4-7H2,1H3. The Morgan fingerprint density at radius 1 is 1.27 bits per heavy atom. The Hall–Kier alpha value is -3.77. The van der Waals surface area contributed by atoms with Crippen molar-refractivity contribution in [2.45, 2.75) is 6.92 Å². The first-order valence-electron chi connectivity index (χ1n) is 9.34. The topological polar surface area (TPSA) is 104 Å². The maximum Gasteiger partial charge on any atom is 0.280 e. The van der Waals surface area contributed by atoms with Crippen LogP contribution in [0.15, 0.2) is 41.5 Å². The van der Waals surface area contributed by atoms with Gasteiger partial charge in [-0.15, -0.1) is 0 Å². The van der Waals surface area contributed by atoms with E-state index >= 15 is 0 Å². The van der Waals surface area contributed by atoms with Gasteiger partial charge in [0.15, 0.2) is 5.82 Å². The summed E-state index contributed by atoms with van der Waals surface area (Å²) in [6.07, 6.45) is 2.89. The van der Waals surface area contributed by atoms with Crippen molar-refractivity contribution in [3.8, 4) is 23.0 Å². The molecule has 2 aromatic heterocycles. The Labute approximate surface area is 171 Å². The lowest BCUT2D eigenvalue weighted by molar-refractivity contribution is 0.0302. The molecule has 1 aromatic carbocycles. The number of aromatic amines is 1. The Kier molecular flexibility index (Phi) is 5.16. The van der Waals surface area contributed by atoms with Crippen LogP contribution in [0.25, 0.3) is 16.9 Å². The number of benzene rings is 1. The predicted molar refractivity (Wildman–Crippen MR) is 106 cm³/mol. The maximum atomic E-state index is 14.1. The summed E-state index contributed by atoms with van der Waals surface area (Å²) in [6.45, 7) is 3.78. The number of rotatable bonds is 3. The van der Waals surface area contributed by atoms with Gasteiger partial charge in [0.05, 0.1) is 29.9 Å². The van der Waals surface area contributed by atoms with Gasteiger partial charge in [-0.3, -0.25) is 14.7 Å². The number of halogens is 1. The van der Waals surface area contributed by atoms with Crippen LogP contribution in [-0.2, 0) is 4.74 Å². The lowest BCUT2D eigenvalue weighted by Gasteiger charge is -2.26. The van der Waals surface area contributed by atoms with Crippen LogP contribution in [0.4, 0.5) is 4.39 Å². The highest BCUT2D eigenvalue weighted by Crippen LogP contribution is 2.24. The number of carbonyl (C=O) groups is 1. The van der Waals surface area contributed by atoms with Gasteiger partial charge in [-0.05, 0) is 42.3 Å². The molecular weight excluding hydrogens is 389 g/mol. The van der Waals surface area contributed by atoms with Crippen molar-refractivity contribution >= 4 is 5.91 Å². The van der Waals surface area contributed by atoms with E-state index in [1.807, 2.05) is 0 Å². The minimum Gasteiger partial charge on any atom is -0.378 e. The normalized spacial score (nSPS) is 13.8. The van der Waals surface area contributed by atoms with E-state index in [9.17, 15) is 14.0 Å². The number of amides is 1. The molecule has 0 spiro atoms. The van der Waals surface area contributed by atoms with Crippen molar-refractivity contribution < 1.29 is 13.9 Å². The van der Waals surface area contributed by atoms with Crippen LogP contribution in [0.2, 0.25) is 0 Å². The largest absolute Gasteiger partial charge is 0.378 e. The molecule has 1 amide bonds. The van der Waals surface area contributed by atoms with Gasteiger partial charge in [0.2, 0.25) is 0 Å². The average molecular weight is 407 g/mol. The first-order valence-corrected chi connectivity index (χ1v) is 9.34. The summed E-state index contributed by atoms with van der Waals surface area (Å²) >= 11 is 0. The van der Waals surface area contributed by atoms with Crippen molar-refractivity contribution in [2.24, 2.45) is 0 Å². The van der Waals surface area contributed by atoms with Crippen molar-refractivity contribution in [1.29, 1.82) is 5.26 Å². The zero-order chi connectivity index (χ0) is 21.3. The first kappa shape index (κ1) is 19.5. The monoisotopic (exact) mass is 407 g/mol. The molecule has 1 aliphatic heterocycles. The highest BCUT2D eigenvalue weighted by atomic mass is 19.1. The van der Waals surface area contributed by atoms with Gasteiger partial charge in [0.25, 0.3) is 11.5 Å². The first-order chi connectivity index (χ1) is 14.5. The number of H-pyrrole nitrogens is 1. The second-order valence-electron chi connectivity index (χ2n) is 6.90. The van der Waals surface area contributed by atoms with Gasteiger partial charge in [-0.1, -0.05) is 0 Å². The molecule has 4 rings (SSSR count). The van der Waals surface area contributed by atoms with Gasteiger partial charge >= 0.3 is 0 Å². The SMILES string of the molecule is Cc1cc(C#N)c(F)cc1-c1c[nH]n(-c2ccc(C(=O)N3CCOCC3)cn2)c1=O. The minimum atomic E-state index is -0.686. The van der Waals surface area contributed by atoms with Crippen LogP contribution in [0, 0.1) is 24.1 Å². The number of carbonyl (C=O) groups excluding carboxylic acids is 1. The van der Waals surface area contributed by atoms with E-state index in [2.05, 4.69) is 10.1 Å². The third-order valence-electron chi connectivity index (χ3n) is 5.02. The molecule has 0 radical (unpaired) electrons. The smallest absolute Gasteiger partial charge is 0.280 e. The van der Waals surface area contributed by atoms with Crippen molar-refractivity contribution in [3.63, 3.8) is 0 Å². The third-order valence-corrected chi connectivity index (χ3v) is 5.02. The van der Waals surface area contributed by atoms with E-state index in [1.165, 1.54) is 29.2 Å². The van der Waals surface area contributed by atoms with Crippen LogP contribution in [-0.4, -0.2) is 51.9 Å². The van der Waals surface area contributed by atoms with Crippen LogP contribution in [0.5, 0.6) is 0 Å². The van der Waals surface area contributed by atoms with E-state index in [0.29, 0.717) is 48.8 Å². The zero-order valence-electron chi connectivity index (χ0n) is 16.2. The Bertz CT molecular complexity index is 1200. The van der Waals surface area contributed by atoms with Crippen molar-refractivity contribution in [2.75, 3.05) is 26.3 Å². The van der Waals surface area contributed by atoms with Gasteiger partial charge in [0, 0.05) is 25.5 Å². The number of ether oxygens (including phenoxy) is 1. The van der Waals surface area contributed by atoms with E-state index in [-0.39, 0.29) is 17.0 Å². The molecule has 0 saturated carbocycles. The Morgan fingerprint density at radius 3 is 2.70 bits per heavy atom. The zero-order valence-corrected chi connectivity index (χ0v) is 16.2. The molecule has 0 bridgehead atoms. The summed E-state index contributed by atoms with van der Waals surface area (Å²) in [4.78, 5) is 31.3. The molecule has 9 heteroatoms. The summed E-state index contributed by atoms with van der Waals surface area (Å²) in [5.41, 5.74) is 1.19. The van der Waals surface area contributed by atoms with Crippen LogP contribution >= 0.6 is 0 Å². The number of nitrogens with one attached hydrogen (secondary N) is 1. The molecule has 0 unspecified atom stereocenters. The van der Waals surface area contributed by atoms with E-state index in [0.717, 1.165) is 0 Å². The van der Waals surface area contributed by atoms with Gasteiger partial charge in [0.1, 0.15) is 11.9 Å². The molecule has 1 N–H and O–H groups in total. The lowest BCUT2D eigenvalue weighted by atomic mass is 10.0. The summed E-state index contributed by atoms with van der Waals surface area (Å²) in [5, 5.41) is 11.8. The van der Waals surface area contributed by atoms with Crippen LogP contribution in [0.1, 0.15) is 21.5 Å². The summed E-state index contributed by atoms with van der Waals surface area (Å²) in [6, 6.07) is 7.56. The fraction of sp³-hybridized carbons (Fsp3) is 0.238. The molecule has 8 nitrogen and oxygen atoms in total. The molecule has 1 aliphatic rings. The number of aromatic nitrogens is 3. The molecular formula is C21H18FN5O3. The van der Waals surface area contributed by atoms with Crippen molar-refractivity contribution in [1.82, 2.24) is 19.7 Å². The summed E-state index contributed by atoms with van der Waals surface area (Å²) < 4.78 is 20.5.